The maximum absolute atomic E-state index is 13.9. The fraction of sp³-hybridized carbons (Fsp3) is 0.300. The lowest BCUT2D eigenvalue weighted by atomic mass is 10.1. The highest BCUT2D eigenvalue weighted by molar-refractivity contribution is 7.22. The third-order valence-electron chi connectivity index (χ3n) is 4.61. The van der Waals surface area contributed by atoms with E-state index in [1.165, 1.54) is 17.4 Å². The minimum atomic E-state index is -0.292. The molecule has 1 aliphatic heterocycles. The van der Waals surface area contributed by atoms with Crippen molar-refractivity contribution >= 4 is 32.6 Å². The number of thiazole rings is 1. The number of fused-ring (bicyclic) bond motifs is 1. The van der Waals surface area contributed by atoms with Crippen LogP contribution in [0.4, 0.5) is 9.52 Å². The molecule has 1 aromatic heterocycles. The summed E-state index contributed by atoms with van der Waals surface area (Å²) in [6.45, 7) is 5.13. The third-order valence-corrected chi connectivity index (χ3v) is 5.69. The Morgan fingerprint density at radius 2 is 1.89 bits per heavy atom. The molecule has 0 atom stereocenters. The summed E-state index contributed by atoms with van der Waals surface area (Å²) in [5.74, 6) is 0.495. The van der Waals surface area contributed by atoms with Gasteiger partial charge in [-0.3, -0.25) is 4.79 Å². The largest absolute Gasteiger partial charge is 0.494 e. The number of amides is 1. The average molecular weight is 385 g/mol. The average Bonchev–Trinajstić information content (AvgIpc) is 3.14. The van der Waals surface area contributed by atoms with Crippen molar-refractivity contribution in [2.24, 2.45) is 0 Å². The molecular formula is C20H20FN3O2S. The minimum absolute atomic E-state index is 0.0213. The summed E-state index contributed by atoms with van der Waals surface area (Å²) in [6.07, 6.45) is 0. The molecule has 2 heterocycles. The highest BCUT2D eigenvalue weighted by Gasteiger charge is 2.24. The van der Waals surface area contributed by atoms with Gasteiger partial charge in [0.05, 0.1) is 11.3 Å². The number of hydrogen-bond donors (Lipinski definition) is 0. The molecule has 4 rings (SSSR count). The summed E-state index contributed by atoms with van der Waals surface area (Å²) < 4.78 is 20.1. The molecule has 1 amide bonds. The number of halogens is 1. The first kappa shape index (κ1) is 17.7. The Morgan fingerprint density at radius 1 is 1.15 bits per heavy atom. The predicted octanol–water partition coefficient (Wildman–Crippen LogP) is 3.80. The van der Waals surface area contributed by atoms with Crippen LogP contribution in [0.3, 0.4) is 0 Å². The van der Waals surface area contributed by atoms with E-state index in [1.807, 2.05) is 30.0 Å². The smallest absolute Gasteiger partial charge is 0.253 e. The van der Waals surface area contributed by atoms with Crippen LogP contribution in [0.5, 0.6) is 5.75 Å². The van der Waals surface area contributed by atoms with Crippen LogP contribution in [-0.4, -0.2) is 48.6 Å². The zero-order valence-corrected chi connectivity index (χ0v) is 15.8. The van der Waals surface area contributed by atoms with E-state index in [2.05, 4.69) is 9.88 Å². The summed E-state index contributed by atoms with van der Waals surface area (Å²) >= 11 is 1.49. The van der Waals surface area contributed by atoms with E-state index in [9.17, 15) is 9.18 Å². The molecule has 0 aliphatic carbocycles. The van der Waals surface area contributed by atoms with Crippen LogP contribution in [0.1, 0.15) is 17.3 Å². The van der Waals surface area contributed by atoms with Crippen molar-refractivity contribution in [2.45, 2.75) is 6.92 Å². The highest BCUT2D eigenvalue weighted by atomic mass is 32.1. The Labute approximate surface area is 161 Å². The Morgan fingerprint density at radius 3 is 2.56 bits per heavy atom. The van der Waals surface area contributed by atoms with Crippen LogP contribution in [0.25, 0.3) is 10.2 Å². The lowest BCUT2D eigenvalue weighted by Gasteiger charge is -2.34. The molecule has 1 aliphatic rings. The molecule has 1 saturated heterocycles. The quantitative estimate of drug-likeness (QED) is 0.685. The van der Waals surface area contributed by atoms with Gasteiger partial charge in [-0.1, -0.05) is 17.4 Å². The van der Waals surface area contributed by atoms with Gasteiger partial charge in [-0.2, -0.15) is 0 Å². The number of aromatic nitrogens is 1. The van der Waals surface area contributed by atoms with Gasteiger partial charge in [0.2, 0.25) is 0 Å². The van der Waals surface area contributed by atoms with E-state index in [4.69, 9.17) is 4.74 Å². The summed E-state index contributed by atoms with van der Waals surface area (Å²) in [5, 5.41) is 0.809. The molecule has 0 radical (unpaired) electrons. The second-order valence-electron chi connectivity index (χ2n) is 6.32. The fourth-order valence-corrected chi connectivity index (χ4v) is 4.21. The molecule has 140 valence electrons. The number of hydrogen-bond acceptors (Lipinski definition) is 5. The van der Waals surface area contributed by atoms with Crippen LogP contribution in [-0.2, 0) is 0 Å². The number of rotatable bonds is 4. The number of piperazine rings is 1. The van der Waals surface area contributed by atoms with Crippen LogP contribution in [0.15, 0.2) is 42.5 Å². The molecule has 1 fully saturated rings. The normalized spacial score (nSPS) is 14.6. The van der Waals surface area contributed by atoms with Crippen LogP contribution < -0.4 is 9.64 Å². The summed E-state index contributed by atoms with van der Waals surface area (Å²) in [6, 6.07) is 12.3. The first-order valence-electron chi connectivity index (χ1n) is 8.98. The van der Waals surface area contributed by atoms with Gasteiger partial charge in [-0.05, 0) is 43.3 Å². The molecule has 27 heavy (non-hydrogen) atoms. The second-order valence-corrected chi connectivity index (χ2v) is 7.33. The lowest BCUT2D eigenvalue weighted by molar-refractivity contribution is 0.0746. The summed E-state index contributed by atoms with van der Waals surface area (Å²) in [5.41, 5.74) is 1.08. The zero-order valence-electron chi connectivity index (χ0n) is 15.0. The molecule has 5 nitrogen and oxygen atoms in total. The molecule has 0 N–H and O–H groups in total. The minimum Gasteiger partial charge on any atom is -0.494 e. The van der Waals surface area contributed by atoms with Gasteiger partial charge in [0.25, 0.3) is 5.91 Å². The number of ether oxygens (including phenoxy) is 1. The van der Waals surface area contributed by atoms with E-state index in [1.54, 1.807) is 18.2 Å². The monoisotopic (exact) mass is 385 g/mol. The van der Waals surface area contributed by atoms with Crippen LogP contribution in [0.2, 0.25) is 0 Å². The second kappa shape index (κ2) is 7.52. The highest BCUT2D eigenvalue weighted by Crippen LogP contribution is 2.30. The van der Waals surface area contributed by atoms with Gasteiger partial charge in [0, 0.05) is 31.7 Å². The topological polar surface area (TPSA) is 45.7 Å². The zero-order chi connectivity index (χ0) is 18.8. The van der Waals surface area contributed by atoms with Crippen molar-refractivity contribution in [2.75, 3.05) is 37.7 Å². The molecule has 0 bridgehead atoms. The maximum atomic E-state index is 13.9. The number of benzene rings is 2. The standard InChI is InChI=1S/C20H20FN3O2S/c1-2-26-15-8-6-14(7-9-15)19(25)23-10-12-24(13-11-23)20-22-18-16(21)4-3-5-17(18)27-20/h3-9H,2,10-13H2,1H3. The number of carbonyl (C=O) groups is 1. The van der Waals surface area contributed by atoms with Crippen LogP contribution in [0, 0.1) is 5.82 Å². The van der Waals surface area contributed by atoms with E-state index in [-0.39, 0.29) is 11.7 Å². The molecule has 0 saturated carbocycles. The van der Waals surface area contributed by atoms with Crippen molar-refractivity contribution in [1.29, 1.82) is 0 Å². The Hall–Kier alpha value is -2.67. The van der Waals surface area contributed by atoms with E-state index in [0.717, 1.165) is 15.6 Å². The van der Waals surface area contributed by atoms with Gasteiger partial charge < -0.3 is 14.5 Å². The molecule has 0 unspecified atom stereocenters. The van der Waals surface area contributed by atoms with Crippen molar-refractivity contribution < 1.29 is 13.9 Å². The van der Waals surface area contributed by atoms with E-state index >= 15 is 0 Å². The molecular weight excluding hydrogens is 365 g/mol. The Balaban J connectivity index is 1.41. The summed E-state index contributed by atoms with van der Waals surface area (Å²) in [7, 11) is 0. The molecule has 2 aromatic carbocycles. The number of para-hydroxylation sites is 1. The first-order valence-corrected chi connectivity index (χ1v) is 9.79. The van der Waals surface area contributed by atoms with Gasteiger partial charge in [-0.25, -0.2) is 9.37 Å². The summed E-state index contributed by atoms with van der Waals surface area (Å²) in [4.78, 5) is 21.1. The van der Waals surface area contributed by atoms with Crippen molar-refractivity contribution in [3.05, 3.63) is 53.8 Å². The molecule has 3 aromatic rings. The van der Waals surface area contributed by atoms with Crippen molar-refractivity contribution in [3.8, 4) is 5.75 Å². The van der Waals surface area contributed by atoms with Gasteiger partial charge in [0.15, 0.2) is 5.13 Å². The van der Waals surface area contributed by atoms with Crippen LogP contribution >= 0.6 is 11.3 Å². The first-order chi connectivity index (χ1) is 13.2. The Bertz CT molecular complexity index is 950. The van der Waals surface area contributed by atoms with Crippen molar-refractivity contribution in [1.82, 2.24) is 9.88 Å². The van der Waals surface area contributed by atoms with Gasteiger partial charge in [-0.15, -0.1) is 0 Å². The lowest BCUT2D eigenvalue weighted by Crippen LogP contribution is -2.48. The van der Waals surface area contributed by atoms with Gasteiger partial charge >= 0.3 is 0 Å². The van der Waals surface area contributed by atoms with E-state index in [0.29, 0.717) is 43.9 Å². The number of carbonyl (C=O) groups excluding carboxylic acids is 1. The maximum Gasteiger partial charge on any atom is 0.253 e. The molecule has 7 heteroatoms. The number of nitrogens with zero attached hydrogens (tertiary/aromatic N) is 3. The number of anilines is 1. The SMILES string of the molecule is CCOc1ccc(C(=O)N2CCN(c3nc4c(F)cccc4s3)CC2)cc1. The predicted molar refractivity (Wildman–Crippen MR) is 105 cm³/mol. The van der Waals surface area contributed by atoms with E-state index < -0.39 is 0 Å². The fourth-order valence-electron chi connectivity index (χ4n) is 3.18. The van der Waals surface area contributed by atoms with Crippen molar-refractivity contribution in [3.63, 3.8) is 0 Å². The Kier molecular flexibility index (Phi) is 4.94. The molecule has 0 spiro atoms. The third kappa shape index (κ3) is 3.60. The van der Waals surface area contributed by atoms with Gasteiger partial charge in [0.1, 0.15) is 17.1 Å².